The van der Waals surface area contributed by atoms with E-state index in [1.165, 1.54) is 18.3 Å². The number of benzene rings is 1. The van der Waals surface area contributed by atoms with Crippen molar-refractivity contribution in [3.63, 3.8) is 0 Å². The third-order valence-electron chi connectivity index (χ3n) is 2.19. The van der Waals surface area contributed by atoms with Gasteiger partial charge in [-0.15, -0.1) is 10.2 Å². The summed E-state index contributed by atoms with van der Waals surface area (Å²) >= 11 is 1.30. The van der Waals surface area contributed by atoms with Crippen molar-refractivity contribution < 1.29 is 9.59 Å². The van der Waals surface area contributed by atoms with Crippen LogP contribution in [0, 0.1) is 6.92 Å². The van der Waals surface area contributed by atoms with Crippen molar-refractivity contribution >= 4 is 34.0 Å². The molecule has 2 N–H and O–H groups in total. The van der Waals surface area contributed by atoms with Crippen LogP contribution in [0.5, 0.6) is 0 Å². The lowest BCUT2D eigenvalue weighted by atomic mass is 10.2. The Bertz CT molecular complexity index is 624. The highest BCUT2D eigenvalue weighted by molar-refractivity contribution is 7.15. The van der Waals surface area contributed by atoms with Crippen LogP contribution in [0.4, 0.5) is 10.8 Å². The van der Waals surface area contributed by atoms with Crippen molar-refractivity contribution in [2.24, 2.45) is 0 Å². The highest BCUT2D eigenvalue weighted by Crippen LogP contribution is 2.16. The topological polar surface area (TPSA) is 84.0 Å². The first-order valence-electron chi connectivity index (χ1n) is 5.54. The van der Waals surface area contributed by atoms with Crippen molar-refractivity contribution in [1.82, 2.24) is 10.2 Å². The average Bonchev–Trinajstić information content (AvgIpc) is 2.74. The molecule has 0 aliphatic heterocycles. The number of rotatable bonds is 3. The molecule has 0 saturated carbocycles. The van der Waals surface area contributed by atoms with E-state index < -0.39 is 0 Å². The first-order chi connectivity index (χ1) is 9.04. The van der Waals surface area contributed by atoms with Gasteiger partial charge >= 0.3 is 0 Å². The van der Waals surface area contributed by atoms with Gasteiger partial charge in [-0.2, -0.15) is 0 Å². The zero-order valence-electron chi connectivity index (χ0n) is 10.4. The normalized spacial score (nSPS) is 10.0. The Kier molecular flexibility index (Phi) is 3.86. The Labute approximate surface area is 113 Å². The standard InChI is InChI=1S/C12H12N4O2S/c1-7(17)13-10-5-3-4-9(6-10)11(18)14-12-16-15-8(2)19-12/h3-6H,1-2H3,(H,13,17)(H,14,16,18). The zero-order valence-corrected chi connectivity index (χ0v) is 11.2. The van der Waals surface area contributed by atoms with Crippen LogP contribution < -0.4 is 10.6 Å². The third-order valence-corrected chi connectivity index (χ3v) is 2.95. The summed E-state index contributed by atoms with van der Waals surface area (Å²) in [5.41, 5.74) is 1.02. The number of nitrogens with one attached hydrogen (secondary N) is 2. The molecule has 19 heavy (non-hydrogen) atoms. The molecule has 0 bridgehead atoms. The van der Waals surface area contributed by atoms with Gasteiger partial charge in [0.05, 0.1) is 0 Å². The molecule has 7 heteroatoms. The highest BCUT2D eigenvalue weighted by atomic mass is 32.1. The van der Waals surface area contributed by atoms with Gasteiger partial charge < -0.3 is 5.32 Å². The van der Waals surface area contributed by atoms with E-state index in [1.54, 1.807) is 24.3 Å². The molecule has 2 rings (SSSR count). The van der Waals surface area contributed by atoms with Crippen LogP contribution >= 0.6 is 11.3 Å². The fourth-order valence-electron chi connectivity index (χ4n) is 1.46. The van der Waals surface area contributed by atoms with Crippen LogP contribution in [-0.2, 0) is 4.79 Å². The second-order valence-corrected chi connectivity index (χ2v) is 5.02. The van der Waals surface area contributed by atoms with Crippen molar-refractivity contribution in [1.29, 1.82) is 0 Å². The Morgan fingerprint density at radius 2 is 2.00 bits per heavy atom. The molecule has 0 aliphatic carbocycles. The molecule has 6 nitrogen and oxygen atoms in total. The summed E-state index contributed by atoms with van der Waals surface area (Å²) in [6.07, 6.45) is 0. The van der Waals surface area contributed by atoms with Gasteiger partial charge in [0.1, 0.15) is 5.01 Å². The Hall–Kier alpha value is -2.28. The maximum Gasteiger partial charge on any atom is 0.257 e. The second-order valence-electron chi connectivity index (χ2n) is 3.84. The van der Waals surface area contributed by atoms with E-state index in [0.29, 0.717) is 16.4 Å². The number of carbonyl (C=O) groups excluding carboxylic acids is 2. The monoisotopic (exact) mass is 276 g/mol. The van der Waals surface area contributed by atoms with Crippen molar-refractivity contribution in [2.45, 2.75) is 13.8 Å². The number of aromatic nitrogens is 2. The quantitative estimate of drug-likeness (QED) is 0.898. The summed E-state index contributed by atoms with van der Waals surface area (Å²) in [4.78, 5) is 22.9. The van der Waals surface area contributed by atoms with Crippen molar-refractivity contribution in [3.8, 4) is 0 Å². The number of amides is 2. The molecule has 0 aliphatic rings. The van der Waals surface area contributed by atoms with Crippen molar-refractivity contribution in [2.75, 3.05) is 10.6 Å². The minimum Gasteiger partial charge on any atom is -0.326 e. The van der Waals surface area contributed by atoms with Crippen LogP contribution in [-0.4, -0.2) is 22.0 Å². The minimum absolute atomic E-state index is 0.183. The largest absolute Gasteiger partial charge is 0.326 e. The van der Waals surface area contributed by atoms with Gasteiger partial charge in [0.15, 0.2) is 0 Å². The first-order valence-corrected chi connectivity index (χ1v) is 6.35. The summed E-state index contributed by atoms with van der Waals surface area (Å²) in [6, 6.07) is 6.68. The molecular weight excluding hydrogens is 264 g/mol. The van der Waals surface area contributed by atoms with Gasteiger partial charge in [0, 0.05) is 18.2 Å². The van der Waals surface area contributed by atoms with E-state index in [1.807, 2.05) is 6.92 Å². The van der Waals surface area contributed by atoms with E-state index in [4.69, 9.17) is 0 Å². The lowest BCUT2D eigenvalue weighted by Gasteiger charge is -2.05. The predicted molar refractivity (Wildman–Crippen MR) is 73.3 cm³/mol. The van der Waals surface area contributed by atoms with E-state index in [-0.39, 0.29) is 11.8 Å². The van der Waals surface area contributed by atoms with Gasteiger partial charge in [-0.1, -0.05) is 17.4 Å². The third kappa shape index (κ3) is 3.59. The van der Waals surface area contributed by atoms with Crippen LogP contribution in [0.3, 0.4) is 0 Å². The summed E-state index contributed by atoms with van der Waals surface area (Å²) in [7, 11) is 0. The van der Waals surface area contributed by atoms with E-state index in [2.05, 4.69) is 20.8 Å². The summed E-state index contributed by atoms with van der Waals surface area (Å²) < 4.78 is 0. The maximum atomic E-state index is 12.0. The van der Waals surface area contributed by atoms with E-state index in [9.17, 15) is 9.59 Å². The molecule has 0 atom stereocenters. The summed E-state index contributed by atoms with van der Waals surface area (Å²) in [5.74, 6) is -0.472. The number of anilines is 2. The highest BCUT2D eigenvalue weighted by Gasteiger charge is 2.09. The molecule has 1 aromatic heterocycles. The zero-order chi connectivity index (χ0) is 13.8. The number of carbonyl (C=O) groups is 2. The minimum atomic E-state index is -0.289. The molecule has 0 fully saturated rings. The lowest BCUT2D eigenvalue weighted by Crippen LogP contribution is -2.13. The molecule has 98 valence electrons. The van der Waals surface area contributed by atoms with Gasteiger partial charge in [0.25, 0.3) is 5.91 Å². The van der Waals surface area contributed by atoms with Crippen LogP contribution in [0.15, 0.2) is 24.3 Å². The maximum absolute atomic E-state index is 12.0. The molecule has 0 unspecified atom stereocenters. The molecule has 1 aromatic carbocycles. The van der Waals surface area contributed by atoms with Crippen LogP contribution in [0.25, 0.3) is 0 Å². The lowest BCUT2D eigenvalue weighted by molar-refractivity contribution is -0.114. The summed E-state index contributed by atoms with van der Waals surface area (Å²) in [5, 5.41) is 14.1. The van der Waals surface area contributed by atoms with Crippen LogP contribution in [0.1, 0.15) is 22.3 Å². The number of nitrogens with zero attached hydrogens (tertiary/aromatic N) is 2. The molecule has 0 radical (unpaired) electrons. The molecule has 1 heterocycles. The molecular formula is C12H12N4O2S. The van der Waals surface area contributed by atoms with Gasteiger partial charge in [-0.3, -0.25) is 14.9 Å². The Morgan fingerprint density at radius 3 is 2.63 bits per heavy atom. The predicted octanol–water partition coefficient (Wildman–Crippen LogP) is 2.06. The second kappa shape index (κ2) is 5.57. The summed E-state index contributed by atoms with van der Waals surface area (Å²) in [6.45, 7) is 3.22. The van der Waals surface area contributed by atoms with E-state index in [0.717, 1.165) is 5.01 Å². The number of aryl methyl sites for hydroxylation is 1. The number of hydrogen-bond donors (Lipinski definition) is 2. The number of hydrogen-bond acceptors (Lipinski definition) is 5. The molecule has 0 spiro atoms. The SMILES string of the molecule is CC(=O)Nc1cccc(C(=O)Nc2nnc(C)s2)c1. The molecule has 2 aromatic rings. The van der Waals surface area contributed by atoms with E-state index >= 15 is 0 Å². The Morgan fingerprint density at radius 1 is 1.21 bits per heavy atom. The van der Waals surface area contributed by atoms with Gasteiger partial charge in [0.2, 0.25) is 11.0 Å². The van der Waals surface area contributed by atoms with Gasteiger partial charge in [-0.05, 0) is 25.1 Å². The fourth-order valence-corrected chi connectivity index (χ4v) is 2.04. The van der Waals surface area contributed by atoms with Crippen molar-refractivity contribution in [3.05, 3.63) is 34.8 Å². The Balaban J connectivity index is 2.12. The smallest absolute Gasteiger partial charge is 0.257 e. The first kappa shape index (κ1) is 13.2. The average molecular weight is 276 g/mol. The van der Waals surface area contributed by atoms with Gasteiger partial charge in [-0.25, -0.2) is 0 Å². The molecule has 2 amide bonds. The molecule has 0 saturated heterocycles. The fraction of sp³-hybridized carbons (Fsp3) is 0.167. The van der Waals surface area contributed by atoms with Crippen LogP contribution in [0.2, 0.25) is 0 Å².